The lowest BCUT2D eigenvalue weighted by Gasteiger charge is -2.27. The molecule has 0 aromatic carbocycles. The molecule has 1 aliphatic carbocycles. The Labute approximate surface area is 104 Å². The fourth-order valence-corrected chi connectivity index (χ4v) is 2.89. The van der Waals surface area contributed by atoms with Crippen LogP contribution in [0, 0.1) is 0 Å². The molecular weight excluding hydrogens is 214 g/mol. The summed E-state index contributed by atoms with van der Waals surface area (Å²) in [5.74, 6) is 0.319. The highest BCUT2D eigenvalue weighted by Gasteiger charge is 2.21. The number of amides is 1. The molecule has 0 bridgehead atoms. The Morgan fingerprint density at radius 3 is 2.65 bits per heavy atom. The lowest BCUT2D eigenvalue weighted by molar-refractivity contribution is -0.132. The number of nitrogens with one attached hydrogen (secondary N) is 1. The van der Waals surface area contributed by atoms with Crippen LogP contribution in [0.1, 0.15) is 44.9 Å². The summed E-state index contributed by atoms with van der Waals surface area (Å²) in [7, 11) is 0. The molecule has 2 unspecified atom stereocenters. The van der Waals surface area contributed by atoms with E-state index in [1.54, 1.807) is 0 Å². The Balaban J connectivity index is 1.59. The van der Waals surface area contributed by atoms with Crippen LogP contribution in [0.2, 0.25) is 0 Å². The maximum Gasteiger partial charge on any atom is 0.223 e. The lowest BCUT2D eigenvalue weighted by atomic mass is 10.1. The highest BCUT2D eigenvalue weighted by atomic mass is 16.2. The summed E-state index contributed by atoms with van der Waals surface area (Å²) >= 11 is 0. The average molecular weight is 239 g/mol. The van der Waals surface area contributed by atoms with Gasteiger partial charge >= 0.3 is 0 Å². The van der Waals surface area contributed by atoms with Crippen LogP contribution in [0.15, 0.2) is 0 Å². The summed E-state index contributed by atoms with van der Waals surface area (Å²) in [6.07, 6.45) is 7.63. The number of hydrogen-bond donors (Lipinski definition) is 2. The zero-order chi connectivity index (χ0) is 12.1. The molecule has 98 valence electrons. The molecule has 1 saturated heterocycles. The fourth-order valence-electron chi connectivity index (χ4n) is 2.89. The quantitative estimate of drug-likeness (QED) is 0.765. The zero-order valence-electron chi connectivity index (χ0n) is 10.7. The molecule has 3 N–H and O–H groups in total. The Morgan fingerprint density at radius 2 is 2.00 bits per heavy atom. The van der Waals surface area contributed by atoms with Crippen molar-refractivity contribution in [1.29, 1.82) is 0 Å². The van der Waals surface area contributed by atoms with Crippen LogP contribution in [0.25, 0.3) is 0 Å². The smallest absolute Gasteiger partial charge is 0.223 e. The highest BCUT2D eigenvalue weighted by Crippen LogP contribution is 2.17. The molecule has 17 heavy (non-hydrogen) atoms. The first-order valence-corrected chi connectivity index (χ1v) is 7.02. The van der Waals surface area contributed by atoms with Gasteiger partial charge in [0.25, 0.3) is 0 Å². The van der Waals surface area contributed by atoms with E-state index in [-0.39, 0.29) is 0 Å². The van der Waals surface area contributed by atoms with Gasteiger partial charge in [-0.25, -0.2) is 0 Å². The van der Waals surface area contributed by atoms with Gasteiger partial charge in [-0.3, -0.25) is 4.79 Å². The predicted octanol–water partition coefficient (Wildman–Crippen LogP) is 0.858. The standard InChI is InChI=1S/C13H25N3O/c14-11-4-5-12(10-11)15-7-6-13(17)16-8-2-1-3-9-16/h11-12,15H,1-10,14H2. The molecule has 2 rings (SSSR count). The number of nitrogens with zero attached hydrogens (tertiary/aromatic N) is 1. The first kappa shape index (κ1) is 12.8. The summed E-state index contributed by atoms with van der Waals surface area (Å²) in [5, 5.41) is 3.45. The van der Waals surface area contributed by atoms with E-state index in [2.05, 4.69) is 5.32 Å². The van der Waals surface area contributed by atoms with E-state index in [0.717, 1.165) is 32.5 Å². The maximum absolute atomic E-state index is 11.9. The van der Waals surface area contributed by atoms with Crippen LogP contribution in [0.3, 0.4) is 0 Å². The van der Waals surface area contributed by atoms with Crippen molar-refractivity contribution in [2.45, 2.75) is 57.0 Å². The summed E-state index contributed by atoms with van der Waals surface area (Å²) in [5.41, 5.74) is 5.86. The van der Waals surface area contributed by atoms with Gasteiger partial charge in [-0.15, -0.1) is 0 Å². The number of piperidine rings is 1. The monoisotopic (exact) mass is 239 g/mol. The fraction of sp³-hybridized carbons (Fsp3) is 0.923. The van der Waals surface area contributed by atoms with Crippen molar-refractivity contribution in [2.75, 3.05) is 19.6 Å². The molecule has 2 aliphatic rings. The minimum absolute atomic E-state index is 0.319. The number of carbonyl (C=O) groups excluding carboxylic acids is 1. The van der Waals surface area contributed by atoms with E-state index in [1.807, 2.05) is 4.90 Å². The first-order valence-electron chi connectivity index (χ1n) is 7.02. The van der Waals surface area contributed by atoms with Crippen LogP contribution in [0.4, 0.5) is 0 Å². The molecule has 0 radical (unpaired) electrons. The van der Waals surface area contributed by atoms with Gasteiger partial charge in [-0.2, -0.15) is 0 Å². The number of hydrogen-bond acceptors (Lipinski definition) is 3. The third-order valence-electron chi connectivity index (χ3n) is 3.95. The SMILES string of the molecule is NC1CCC(NCCC(=O)N2CCCCC2)C1. The Kier molecular flexibility index (Phi) is 4.80. The normalized spacial score (nSPS) is 29.6. The highest BCUT2D eigenvalue weighted by molar-refractivity contribution is 5.76. The van der Waals surface area contributed by atoms with Gasteiger partial charge in [0.2, 0.25) is 5.91 Å². The Bertz CT molecular complexity index is 251. The largest absolute Gasteiger partial charge is 0.343 e. The molecule has 2 atom stereocenters. The third kappa shape index (κ3) is 3.96. The van der Waals surface area contributed by atoms with Crippen molar-refractivity contribution < 1.29 is 4.79 Å². The van der Waals surface area contributed by atoms with E-state index in [0.29, 0.717) is 24.4 Å². The van der Waals surface area contributed by atoms with E-state index < -0.39 is 0 Å². The molecule has 1 saturated carbocycles. The molecule has 0 aromatic rings. The van der Waals surface area contributed by atoms with E-state index in [9.17, 15) is 4.79 Å². The Morgan fingerprint density at radius 1 is 1.24 bits per heavy atom. The van der Waals surface area contributed by atoms with Crippen LogP contribution in [0.5, 0.6) is 0 Å². The molecule has 0 spiro atoms. The van der Waals surface area contributed by atoms with Crippen molar-refractivity contribution in [2.24, 2.45) is 5.73 Å². The van der Waals surface area contributed by atoms with Gasteiger partial charge in [-0.05, 0) is 38.5 Å². The minimum atomic E-state index is 0.319. The number of likely N-dealkylation sites (tertiary alicyclic amines) is 1. The number of carbonyl (C=O) groups is 1. The lowest BCUT2D eigenvalue weighted by Crippen LogP contribution is -2.38. The van der Waals surface area contributed by atoms with Gasteiger partial charge < -0.3 is 16.0 Å². The van der Waals surface area contributed by atoms with Crippen molar-refractivity contribution in [3.63, 3.8) is 0 Å². The van der Waals surface area contributed by atoms with E-state index in [1.165, 1.54) is 25.7 Å². The van der Waals surface area contributed by atoms with E-state index in [4.69, 9.17) is 5.73 Å². The van der Waals surface area contributed by atoms with Gasteiger partial charge in [0, 0.05) is 38.1 Å². The number of nitrogens with two attached hydrogens (primary N) is 1. The summed E-state index contributed by atoms with van der Waals surface area (Å²) in [6, 6.07) is 0.907. The van der Waals surface area contributed by atoms with Gasteiger partial charge in [-0.1, -0.05) is 0 Å². The molecule has 1 amide bonds. The van der Waals surface area contributed by atoms with Crippen molar-refractivity contribution in [3.8, 4) is 0 Å². The summed E-state index contributed by atoms with van der Waals surface area (Å²) in [4.78, 5) is 13.9. The zero-order valence-corrected chi connectivity index (χ0v) is 10.7. The molecule has 2 fully saturated rings. The molecular formula is C13H25N3O. The predicted molar refractivity (Wildman–Crippen MR) is 68.7 cm³/mol. The molecule has 1 aliphatic heterocycles. The molecule has 1 heterocycles. The maximum atomic E-state index is 11.9. The second kappa shape index (κ2) is 6.36. The number of rotatable bonds is 4. The van der Waals surface area contributed by atoms with Crippen molar-refractivity contribution in [3.05, 3.63) is 0 Å². The average Bonchev–Trinajstić information content (AvgIpc) is 2.76. The van der Waals surface area contributed by atoms with Gasteiger partial charge in [0.1, 0.15) is 0 Å². The van der Waals surface area contributed by atoms with Crippen LogP contribution >= 0.6 is 0 Å². The van der Waals surface area contributed by atoms with Crippen LogP contribution in [-0.2, 0) is 4.79 Å². The second-order valence-corrected chi connectivity index (χ2v) is 5.42. The Hall–Kier alpha value is -0.610. The second-order valence-electron chi connectivity index (χ2n) is 5.42. The summed E-state index contributed by atoms with van der Waals surface area (Å²) in [6.45, 7) is 2.74. The minimum Gasteiger partial charge on any atom is -0.343 e. The van der Waals surface area contributed by atoms with Crippen LogP contribution in [-0.4, -0.2) is 42.5 Å². The van der Waals surface area contributed by atoms with Gasteiger partial charge in [0.05, 0.1) is 0 Å². The van der Waals surface area contributed by atoms with E-state index >= 15 is 0 Å². The van der Waals surface area contributed by atoms with Crippen LogP contribution < -0.4 is 11.1 Å². The van der Waals surface area contributed by atoms with Gasteiger partial charge in [0.15, 0.2) is 0 Å². The molecule has 4 heteroatoms. The first-order chi connectivity index (χ1) is 8.25. The molecule has 0 aromatic heterocycles. The topological polar surface area (TPSA) is 58.4 Å². The van der Waals surface area contributed by atoms with Crippen molar-refractivity contribution in [1.82, 2.24) is 10.2 Å². The van der Waals surface area contributed by atoms with Crippen molar-refractivity contribution >= 4 is 5.91 Å². The summed E-state index contributed by atoms with van der Waals surface area (Å²) < 4.78 is 0. The third-order valence-corrected chi connectivity index (χ3v) is 3.95. The molecule has 4 nitrogen and oxygen atoms in total.